The Kier molecular flexibility index (Phi) is 7.65. The second-order valence-corrected chi connectivity index (χ2v) is 10.6. The molecule has 39 heavy (non-hydrogen) atoms. The summed E-state index contributed by atoms with van der Waals surface area (Å²) >= 11 is 0. The lowest BCUT2D eigenvalue weighted by Gasteiger charge is -2.35. The van der Waals surface area contributed by atoms with Crippen molar-refractivity contribution < 1.29 is 32.5 Å². The molecule has 206 valence electrons. The van der Waals surface area contributed by atoms with Crippen LogP contribution in [0, 0.1) is 12.8 Å². The number of esters is 1. The number of carbonyl (C=O) groups excluding carboxylic acids is 3. The van der Waals surface area contributed by atoms with E-state index in [0.29, 0.717) is 61.2 Å². The molecule has 1 saturated heterocycles. The van der Waals surface area contributed by atoms with Gasteiger partial charge in [-0.15, -0.1) is 5.12 Å². The molecule has 9 nitrogen and oxygen atoms in total. The van der Waals surface area contributed by atoms with Gasteiger partial charge < -0.3 is 14.5 Å². The van der Waals surface area contributed by atoms with Gasteiger partial charge in [-0.1, -0.05) is 28.7 Å². The number of para-hydroxylation sites is 1. The molecular formula is C29H34FN4O5+. The topological polar surface area (TPSA) is 102 Å². The number of oxazole rings is 1. The summed E-state index contributed by atoms with van der Waals surface area (Å²) < 4.78 is 25.6. The number of halogens is 1. The lowest BCUT2D eigenvalue weighted by atomic mass is 9.86. The summed E-state index contributed by atoms with van der Waals surface area (Å²) in [5, 5.41) is 3.44. The third kappa shape index (κ3) is 5.38. The minimum absolute atomic E-state index is 0.0220. The number of fused-ring (bicyclic) bond motifs is 1. The average Bonchev–Trinajstić information content (AvgIpc) is 3.61. The molecular weight excluding hydrogens is 503 g/mol. The molecule has 3 aromatic rings. The first-order valence-electron chi connectivity index (χ1n) is 13.5. The van der Waals surface area contributed by atoms with Gasteiger partial charge in [0.1, 0.15) is 5.52 Å². The van der Waals surface area contributed by atoms with Crippen molar-refractivity contribution in [1.29, 1.82) is 0 Å². The zero-order valence-corrected chi connectivity index (χ0v) is 22.3. The summed E-state index contributed by atoms with van der Waals surface area (Å²) in [5.74, 6) is -0.907. The lowest BCUT2D eigenvalue weighted by Crippen LogP contribution is -2.60. The minimum atomic E-state index is -0.801. The second-order valence-electron chi connectivity index (χ2n) is 10.6. The van der Waals surface area contributed by atoms with Crippen LogP contribution in [0.2, 0.25) is 0 Å². The normalized spacial score (nSPS) is 20.5. The van der Waals surface area contributed by atoms with Gasteiger partial charge in [0, 0.05) is 18.5 Å². The van der Waals surface area contributed by atoms with E-state index in [1.54, 1.807) is 18.2 Å². The van der Waals surface area contributed by atoms with Gasteiger partial charge in [0.15, 0.2) is 5.58 Å². The number of amides is 3. The number of likely N-dealkylation sites (tertiary alicyclic amines) is 1. The predicted octanol–water partition coefficient (Wildman–Crippen LogP) is 5.60. The van der Waals surface area contributed by atoms with Gasteiger partial charge in [0.25, 0.3) is 6.01 Å². The summed E-state index contributed by atoms with van der Waals surface area (Å²) in [6.45, 7) is 2.55. The van der Waals surface area contributed by atoms with Gasteiger partial charge in [0.05, 0.1) is 38.6 Å². The van der Waals surface area contributed by atoms with Crippen LogP contribution in [0.15, 0.2) is 46.9 Å². The first-order valence-corrected chi connectivity index (χ1v) is 13.5. The maximum absolute atomic E-state index is 15.5. The highest BCUT2D eigenvalue weighted by molar-refractivity contribution is 5.86. The molecule has 1 aliphatic heterocycles. The van der Waals surface area contributed by atoms with Crippen LogP contribution in [0.3, 0.4) is 0 Å². The van der Waals surface area contributed by atoms with Crippen molar-refractivity contribution in [2.45, 2.75) is 57.9 Å². The lowest BCUT2D eigenvalue weighted by molar-refractivity contribution is -0.766. The summed E-state index contributed by atoms with van der Waals surface area (Å²) in [6.07, 6.45) is 2.96. The molecule has 0 radical (unpaired) electrons. The van der Waals surface area contributed by atoms with E-state index in [1.807, 2.05) is 31.2 Å². The van der Waals surface area contributed by atoms with Crippen molar-refractivity contribution in [3.63, 3.8) is 0 Å². The highest BCUT2D eigenvalue weighted by Crippen LogP contribution is 2.33. The molecule has 10 heteroatoms. The molecule has 1 aromatic heterocycles. The van der Waals surface area contributed by atoms with E-state index < -0.39 is 16.6 Å². The fourth-order valence-corrected chi connectivity index (χ4v) is 5.75. The minimum Gasteiger partial charge on any atom is -0.469 e. The van der Waals surface area contributed by atoms with Crippen molar-refractivity contribution in [2.24, 2.45) is 5.92 Å². The van der Waals surface area contributed by atoms with Crippen molar-refractivity contribution in [2.75, 3.05) is 25.5 Å². The van der Waals surface area contributed by atoms with Crippen LogP contribution < -0.4 is 5.32 Å². The van der Waals surface area contributed by atoms with E-state index in [1.165, 1.54) is 7.11 Å². The molecule has 0 spiro atoms. The van der Waals surface area contributed by atoms with Crippen molar-refractivity contribution >= 4 is 40.7 Å². The van der Waals surface area contributed by atoms with E-state index in [0.717, 1.165) is 11.3 Å². The number of aromatic nitrogens is 1. The van der Waals surface area contributed by atoms with Crippen LogP contribution in [-0.2, 0) is 20.7 Å². The molecule has 5 rings (SSSR count). The average molecular weight is 538 g/mol. The summed E-state index contributed by atoms with van der Waals surface area (Å²) in [5.41, 5.74) is 3.76. The van der Waals surface area contributed by atoms with Crippen molar-refractivity contribution in [3.05, 3.63) is 53.6 Å². The predicted molar refractivity (Wildman–Crippen MR) is 143 cm³/mol. The van der Waals surface area contributed by atoms with Crippen LogP contribution in [0.4, 0.5) is 21.0 Å². The zero-order chi connectivity index (χ0) is 27.6. The summed E-state index contributed by atoms with van der Waals surface area (Å²) in [4.78, 5) is 43.4. The number of imide groups is 1. The SMILES string of the molecule is COC(=O)C1CCC(N(F)C(=O)[N+]2(C(=O)Cc3ccc4nc(Nc5ccccc5C)oc4c3)CCCC2)CC1. The number of benzene rings is 2. The van der Waals surface area contributed by atoms with Crippen LogP contribution >= 0.6 is 0 Å². The number of carbonyl (C=O) groups is 3. The van der Waals surface area contributed by atoms with Gasteiger partial charge in [-0.25, -0.2) is 9.59 Å². The van der Waals surface area contributed by atoms with Gasteiger partial charge in [0.2, 0.25) is 0 Å². The molecule has 1 aliphatic carbocycles. The third-order valence-corrected chi connectivity index (χ3v) is 8.10. The Balaban J connectivity index is 1.28. The Labute approximate surface area is 226 Å². The number of urea groups is 1. The molecule has 2 aliphatic rings. The molecule has 2 aromatic carbocycles. The van der Waals surface area contributed by atoms with Gasteiger partial charge in [-0.2, -0.15) is 9.47 Å². The largest absolute Gasteiger partial charge is 0.469 e. The number of nitrogens with zero attached hydrogens (tertiary/aromatic N) is 3. The van der Waals surface area contributed by atoms with E-state index >= 15 is 4.48 Å². The monoisotopic (exact) mass is 537 g/mol. The van der Waals surface area contributed by atoms with Crippen LogP contribution in [-0.4, -0.2) is 58.7 Å². The molecule has 2 heterocycles. The maximum Gasteiger partial charge on any atom is 0.454 e. The second kappa shape index (κ2) is 11.1. The highest BCUT2D eigenvalue weighted by Gasteiger charge is 2.51. The molecule has 2 fully saturated rings. The Morgan fingerprint density at radius 2 is 1.82 bits per heavy atom. The number of quaternary nitrogens is 1. The molecule has 0 unspecified atom stereocenters. The Hall–Kier alpha value is -3.79. The quantitative estimate of drug-likeness (QED) is 0.248. The van der Waals surface area contributed by atoms with E-state index in [9.17, 15) is 14.4 Å². The first-order chi connectivity index (χ1) is 18.8. The van der Waals surface area contributed by atoms with E-state index in [-0.39, 0.29) is 42.4 Å². The maximum atomic E-state index is 15.5. The zero-order valence-electron chi connectivity index (χ0n) is 22.3. The van der Waals surface area contributed by atoms with Crippen LogP contribution in [0.25, 0.3) is 11.1 Å². The Morgan fingerprint density at radius 3 is 2.51 bits per heavy atom. The number of rotatable bonds is 6. The van der Waals surface area contributed by atoms with Gasteiger partial charge >= 0.3 is 17.9 Å². The Bertz CT molecular complexity index is 1380. The summed E-state index contributed by atoms with van der Waals surface area (Å²) in [7, 11) is 1.34. The fraction of sp³-hybridized carbons (Fsp3) is 0.448. The molecule has 3 amide bonds. The van der Waals surface area contributed by atoms with E-state index in [4.69, 9.17) is 9.15 Å². The smallest absolute Gasteiger partial charge is 0.454 e. The van der Waals surface area contributed by atoms with Gasteiger partial charge in [-0.05, 0) is 61.9 Å². The molecule has 1 N–H and O–H groups in total. The third-order valence-electron chi connectivity index (χ3n) is 8.10. The van der Waals surface area contributed by atoms with Crippen molar-refractivity contribution in [1.82, 2.24) is 10.1 Å². The number of ether oxygens (including phenoxy) is 1. The number of methoxy groups -OCH3 is 1. The van der Waals surface area contributed by atoms with Crippen LogP contribution in [0.5, 0.6) is 0 Å². The molecule has 0 atom stereocenters. The van der Waals surface area contributed by atoms with Crippen LogP contribution in [0.1, 0.15) is 49.7 Å². The molecule has 0 bridgehead atoms. The van der Waals surface area contributed by atoms with Gasteiger partial charge in [-0.3, -0.25) is 4.79 Å². The molecule has 1 saturated carbocycles. The fourth-order valence-electron chi connectivity index (χ4n) is 5.75. The number of hydrogen-bond donors (Lipinski definition) is 1. The number of hydrogen-bond acceptors (Lipinski definition) is 7. The Morgan fingerprint density at radius 1 is 1.10 bits per heavy atom. The number of aryl methyl sites for hydroxylation is 1. The number of nitrogens with one attached hydrogen (secondary N) is 1. The standard InChI is InChI=1S/C29H34FN4O5/c1-19-7-3-4-8-23(19)31-28-32-24-14-9-20(17-25(24)39-28)18-26(35)34(15-5-6-16-34)29(37)33(30)22-12-10-21(11-13-22)27(36)38-2/h3-4,7-9,14,17,21-22H,5-6,10-13,15-16,18H2,1-2H3,(H,31,32)/q+1. The summed E-state index contributed by atoms with van der Waals surface area (Å²) in [6, 6.07) is 12.0. The number of anilines is 2. The van der Waals surface area contributed by atoms with Crippen molar-refractivity contribution in [3.8, 4) is 0 Å². The van der Waals surface area contributed by atoms with E-state index in [2.05, 4.69) is 10.3 Å². The first kappa shape index (κ1) is 26.8. The highest BCUT2D eigenvalue weighted by atomic mass is 19.2.